The first-order valence-electron chi connectivity index (χ1n) is 4.06. The van der Waals surface area contributed by atoms with Gasteiger partial charge in [0.15, 0.2) is 0 Å². The number of hydrogen-bond donors (Lipinski definition) is 1. The molecule has 0 atom stereocenters. The molecule has 0 saturated heterocycles. The summed E-state index contributed by atoms with van der Waals surface area (Å²) in [6, 6.07) is 3.64. The highest BCUT2D eigenvalue weighted by molar-refractivity contribution is 5.69. The SMILES string of the molecule is O=C(O)Cc1ccc(C2CC2)o1. The van der Waals surface area contributed by atoms with E-state index in [9.17, 15) is 4.79 Å². The number of aliphatic carboxylic acids is 1. The molecule has 1 aromatic rings. The number of hydrogen-bond acceptors (Lipinski definition) is 2. The lowest BCUT2D eigenvalue weighted by molar-refractivity contribution is -0.136. The first kappa shape index (κ1) is 7.40. The van der Waals surface area contributed by atoms with Crippen LogP contribution >= 0.6 is 0 Å². The minimum Gasteiger partial charge on any atom is -0.481 e. The molecule has 3 heteroatoms. The Morgan fingerprint density at radius 1 is 1.58 bits per heavy atom. The van der Waals surface area contributed by atoms with Crippen LogP contribution in [0.4, 0.5) is 0 Å². The van der Waals surface area contributed by atoms with E-state index in [0.29, 0.717) is 11.7 Å². The summed E-state index contributed by atoms with van der Waals surface area (Å²) in [5.74, 6) is 1.23. The fourth-order valence-corrected chi connectivity index (χ4v) is 1.23. The predicted molar refractivity (Wildman–Crippen MR) is 42.0 cm³/mol. The average Bonchev–Trinajstić information content (AvgIpc) is 2.73. The predicted octanol–water partition coefficient (Wildman–Crippen LogP) is 1.78. The van der Waals surface area contributed by atoms with Crippen molar-refractivity contribution in [3.05, 3.63) is 23.7 Å². The van der Waals surface area contributed by atoms with Crippen molar-refractivity contribution in [2.45, 2.75) is 25.2 Å². The zero-order valence-electron chi connectivity index (χ0n) is 6.62. The van der Waals surface area contributed by atoms with Crippen LogP contribution in [0.1, 0.15) is 30.3 Å². The molecule has 1 saturated carbocycles. The van der Waals surface area contributed by atoms with E-state index in [1.165, 1.54) is 12.8 Å². The summed E-state index contributed by atoms with van der Waals surface area (Å²) in [6.07, 6.45) is 2.35. The molecule has 2 rings (SSSR count). The van der Waals surface area contributed by atoms with Crippen molar-refractivity contribution in [3.8, 4) is 0 Å². The van der Waals surface area contributed by atoms with Crippen LogP contribution in [-0.2, 0) is 11.2 Å². The maximum absolute atomic E-state index is 10.3. The Kier molecular flexibility index (Phi) is 1.64. The molecule has 1 fully saturated rings. The van der Waals surface area contributed by atoms with Crippen LogP contribution in [-0.4, -0.2) is 11.1 Å². The highest BCUT2D eigenvalue weighted by atomic mass is 16.4. The van der Waals surface area contributed by atoms with Crippen molar-refractivity contribution in [3.63, 3.8) is 0 Å². The Labute approximate surface area is 70.0 Å². The summed E-state index contributed by atoms with van der Waals surface area (Å²) in [5.41, 5.74) is 0. The molecule has 0 amide bonds. The molecule has 1 aromatic heterocycles. The minimum atomic E-state index is -0.841. The molecule has 0 spiro atoms. The number of carboxylic acid groups (broad SMARTS) is 1. The number of rotatable bonds is 3. The average molecular weight is 166 g/mol. The number of furan rings is 1. The molecule has 1 aliphatic carbocycles. The molecule has 0 aromatic carbocycles. The van der Waals surface area contributed by atoms with Gasteiger partial charge in [0.1, 0.15) is 17.9 Å². The van der Waals surface area contributed by atoms with E-state index in [-0.39, 0.29) is 6.42 Å². The lowest BCUT2D eigenvalue weighted by Crippen LogP contribution is -1.97. The molecule has 64 valence electrons. The fraction of sp³-hybridized carbons (Fsp3) is 0.444. The highest BCUT2D eigenvalue weighted by Crippen LogP contribution is 2.40. The van der Waals surface area contributed by atoms with Crippen molar-refractivity contribution in [2.75, 3.05) is 0 Å². The van der Waals surface area contributed by atoms with Crippen LogP contribution in [0.15, 0.2) is 16.5 Å². The van der Waals surface area contributed by atoms with Gasteiger partial charge in [-0.3, -0.25) is 4.79 Å². The van der Waals surface area contributed by atoms with Gasteiger partial charge in [-0.15, -0.1) is 0 Å². The Morgan fingerprint density at radius 3 is 2.92 bits per heavy atom. The van der Waals surface area contributed by atoms with Gasteiger partial charge in [0, 0.05) is 5.92 Å². The summed E-state index contributed by atoms with van der Waals surface area (Å²) in [7, 11) is 0. The van der Waals surface area contributed by atoms with Crippen molar-refractivity contribution in [1.29, 1.82) is 0 Å². The zero-order valence-corrected chi connectivity index (χ0v) is 6.62. The van der Waals surface area contributed by atoms with E-state index in [2.05, 4.69) is 0 Å². The summed E-state index contributed by atoms with van der Waals surface area (Å²) in [4.78, 5) is 10.3. The third-order valence-electron chi connectivity index (χ3n) is 1.99. The quantitative estimate of drug-likeness (QED) is 0.744. The zero-order chi connectivity index (χ0) is 8.55. The van der Waals surface area contributed by atoms with Gasteiger partial charge in [-0.1, -0.05) is 0 Å². The van der Waals surface area contributed by atoms with E-state index < -0.39 is 5.97 Å². The normalized spacial score (nSPS) is 16.3. The van der Waals surface area contributed by atoms with Gasteiger partial charge < -0.3 is 9.52 Å². The largest absolute Gasteiger partial charge is 0.481 e. The third-order valence-corrected chi connectivity index (χ3v) is 1.99. The Morgan fingerprint density at radius 2 is 2.33 bits per heavy atom. The molecule has 0 radical (unpaired) electrons. The molecular weight excluding hydrogens is 156 g/mol. The number of carbonyl (C=O) groups is 1. The third kappa shape index (κ3) is 1.49. The van der Waals surface area contributed by atoms with Crippen LogP contribution in [0, 0.1) is 0 Å². The molecule has 1 heterocycles. The molecule has 0 unspecified atom stereocenters. The van der Waals surface area contributed by atoms with Gasteiger partial charge in [-0.2, -0.15) is 0 Å². The van der Waals surface area contributed by atoms with Gasteiger partial charge in [0.25, 0.3) is 0 Å². The Hall–Kier alpha value is -1.25. The Balaban J connectivity index is 2.07. The molecule has 3 nitrogen and oxygen atoms in total. The molecule has 0 aliphatic heterocycles. The molecule has 1 N–H and O–H groups in total. The van der Waals surface area contributed by atoms with E-state index in [0.717, 1.165) is 5.76 Å². The first-order chi connectivity index (χ1) is 5.75. The van der Waals surface area contributed by atoms with E-state index in [1.54, 1.807) is 6.07 Å². The molecule has 0 bridgehead atoms. The molecular formula is C9H10O3. The van der Waals surface area contributed by atoms with Crippen LogP contribution in [0.5, 0.6) is 0 Å². The smallest absolute Gasteiger partial charge is 0.311 e. The van der Waals surface area contributed by atoms with Gasteiger partial charge in [0.2, 0.25) is 0 Å². The van der Waals surface area contributed by atoms with E-state index in [1.807, 2.05) is 6.07 Å². The van der Waals surface area contributed by atoms with Crippen molar-refractivity contribution < 1.29 is 14.3 Å². The van der Waals surface area contributed by atoms with Gasteiger partial charge in [-0.25, -0.2) is 0 Å². The van der Waals surface area contributed by atoms with Gasteiger partial charge in [-0.05, 0) is 25.0 Å². The minimum absolute atomic E-state index is 0.00722. The standard InChI is InChI=1S/C9H10O3/c10-9(11)5-7-3-4-8(12-7)6-1-2-6/h3-4,6H,1-2,5H2,(H,10,11). The van der Waals surface area contributed by atoms with Crippen LogP contribution in [0.2, 0.25) is 0 Å². The summed E-state index contributed by atoms with van der Waals surface area (Å²) >= 11 is 0. The van der Waals surface area contributed by atoms with Crippen molar-refractivity contribution in [2.24, 2.45) is 0 Å². The summed E-state index contributed by atoms with van der Waals surface area (Å²) in [5, 5.41) is 8.47. The van der Waals surface area contributed by atoms with Crippen LogP contribution in [0.25, 0.3) is 0 Å². The van der Waals surface area contributed by atoms with E-state index in [4.69, 9.17) is 9.52 Å². The monoisotopic (exact) mass is 166 g/mol. The lowest BCUT2D eigenvalue weighted by atomic mass is 10.3. The summed E-state index contributed by atoms with van der Waals surface area (Å²) in [6.45, 7) is 0. The maximum atomic E-state index is 10.3. The topological polar surface area (TPSA) is 50.4 Å². The van der Waals surface area contributed by atoms with Crippen molar-refractivity contribution in [1.82, 2.24) is 0 Å². The van der Waals surface area contributed by atoms with Crippen LogP contribution in [0.3, 0.4) is 0 Å². The van der Waals surface area contributed by atoms with Gasteiger partial charge >= 0.3 is 5.97 Å². The Bertz CT molecular complexity index is 296. The van der Waals surface area contributed by atoms with Crippen molar-refractivity contribution >= 4 is 5.97 Å². The first-order valence-corrected chi connectivity index (χ1v) is 4.06. The highest BCUT2D eigenvalue weighted by Gasteiger charge is 2.26. The lowest BCUT2D eigenvalue weighted by Gasteiger charge is -1.90. The number of carboxylic acids is 1. The molecule has 1 aliphatic rings. The van der Waals surface area contributed by atoms with E-state index >= 15 is 0 Å². The second-order valence-corrected chi connectivity index (χ2v) is 3.15. The fourth-order valence-electron chi connectivity index (χ4n) is 1.23. The molecule has 12 heavy (non-hydrogen) atoms. The van der Waals surface area contributed by atoms with Gasteiger partial charge in [0.05, 0.1) is 0 Å². The maximum Gasteiger partial charge on any atom is 0.311 e. The second kappa shape index (κ2) is 2.66. The second-order valence-electron chi connectivity index (χ2n) is 3.15. The summed E-state index contributed by atoms with van der Waals surface area (Å²) < 4.78 is 5.34. The van der Waals surface area contributed by atoms with Crippen LogP contribution < -0.4 is 0 Å².